The zero-order valence-electron chi connectivity index (χ0n) is 14.5. The first-order chi connectivity index (χ1) is 13.1. The fourth-order valence-electron chi connectivity index (χ4n) is 3.25. The number of hydrogen-bond donors (Lipinski definition) is 1. The van der Waals surface area contributed by atoms with Crippen LogP contribution in [-0.2, 0) is 6.42 Å². The Morgan fingerprint density at radius 2 is 1.89 bits per heavy atom. The first-order valence-corrected chi connectivity index (χ1v) is 8.70. The maximum absolute atomic E-state index is 13.4. The largest absolute Gasteiger partial charge is 0.340 e. The molecular formula is C21H17F2N3O. The van der Waals surface area contributed by atoms with E-state index in [9.17, 15) is 13.6 Å². The summed E-state index contributed by atoms with van der Waals surface area (Å²) in [5.74, 6) is -1.59. The lowest BCUT2D eigenvalue weighted by molar-refractivity contribution is 0.0985. The van der Waals surface area contributed by atoms with E-state index in [1.165, 1.54) is 12.3 Å². The lowest BCUT2D eigenvalue weighted by Crippen LogP contribution is -2.35. The highest BCUT2D eigenvalue weighted by molar-refractivity contribution is 6.07. The van der Waals surface area contributed by atoms with Gasteiger partial charge in [-0.2, -0.15) is 0 Å². The second-order valence-corrected chi connectivity index (χ2v) is 6.37. The van der Waals surface area contributed by atoms with E-state index in [1.807, 2.05) is 24.3 Å². The summed E-state index contributed by atoms with van der Waals surface area (Å²) >= 11 is 0. The Morgan fingerprint density at radius 1 is 1.04 bits per heavy atom. The average molecular weight is 365 g/mol. The van der Waals surface area contributed by atoms with E-state index < -0.39 is 11.6 Å². The van der Waals surface area contributed by atoms with E-state index in [0.717, 1.165) is 36.2 Å². The summed E-state index contributed by atoms with van der Waals surface area (Å²) in [6.07, 6.45) is 3.39. The van der Waals surface area contributed by atoms with Crippen LogP contribution in [-0.4, -0.2) is 17.4 Å². The van der Waals surface area contributed by atoms with Gasteiger partial charge in [0.25, 0.3) is 5.91 Å². The third-order valence-electron chi connectivity index (χ3n) is 4.55. The van der Waals surface area contributed by atoms with Crippen molar-refractivity contribution in [2.75, 3.05) is 16.8 Å². The summed E-state index contributed by atoms with van der Waals surface area (Å²) in [4.78, 5) is 19.0. The molecule has 1 aliphatic rings. The van der Waals surface area contributed by atoms with Gasteiger partial charge >= 0.3 is 0 Å². The quantitative estimate of drug-likeness (QED) is 0.732. The predicted molar refractivity (Wildman–Crippen MR) is 100 cm³/mol. The summed E-state index contributed by atoms with van der Waals surface area (Å²) in [5.41, 5.74) is 2.92. The number of para-hydroxylation sites is 1. The molecule has 0 radical (unpaired) electrons. The van der Waals surface area contributed by atoms with Crippen molar-refractivity contribution in [3.05, 3.63) is 83.6 Å². The maximum Gasteiger partial charge on any atom is 0.258 e. The molecule has 0 saturated carbocycles. The van der Waals surface area contributed by atoms with Crippen LogP contribution in [0.5, 0.6) is 0 Å². The van der Waals surface area contributed by atoms with Gasteiger partial charge in [-0.15, -0.1) is 0 Å². The zero-order chi connectivity index (χ0) is 18.8. The molecule has 0 bridgehead atoms. The van der Waals surface area contributed by atoms with Crippen LogP contribution < -0.4 is 10.2 Å². The molecule has 0 atom stereocenters. The van der Waals surface area contributed by atoms with Crippen LogP contribution in [0.2, 0.25) is 0 Å². The molecule has 0 aliphatic carbocycles. The number of anilines is 3. The third-order valence-corrected chi connectivity index (χ3v) is 4.55. The zero-order valence-corrected chi connectivity index (χ0v) is 14.5. The van der Waals surface area contributed by atoms with Gasteiger partial charge in [-0.05, 0) is 48.7 Å². The van der Waals surface area contributed by atoms with Crippen molar-refractivity contribution < 1.29 is 13.6 Å². The number of rotatable bonds is 3. The standard InChI is InChI=1S/C21H17F2N3O/c22-17-8-7-16(13-18(17)23)25-20-12-15(9-10-24-20)21(27)26-11-3-5-14-4-1-2-6-19(14)26/h1-2,4,6-10,12-13H,3,5,11H2,(H,24,25). The van der Waals surface area contributed by atoms with E-state index in [2.05, 4.69) is 10.3 Å². The van der Waals surface area contributed by atoms with Crippen molar-refractivity contribution in [2.24, 2.45) is 0 Å². The Hall–Kier alpha value is -3.28. The Kier molecular flexibility index (Phi) is 4.54. The van der Waals surface area contributed by atoms with Gasteiger partial charge in [-0.1, -0.05) is 18.2 Å². The van der Waals surface area contributed by atoms with Gasteiger partial charge in [-0.25, -0.2) is 13.8 Å². The molecule has 2 aromatic carbocycles. The first-order valence-electron chi connectivity index (χ1n) is 8.70. The number of fused-ring (bicyclic) bond motifs is 1. The molecule has 1 aromatic heterocycles. The molecule has 1 N–H and O–H groups in total. The number of carbonyl (C=O) groups is 1. The topological polar surface area (TPSA) is 45.2 Å². The molecule has 0 spiro atoms. The van der Waals surface area contributed by atoms with Gasteiger partial charge in [0.2, 0.25) is 0 Å². The summed E-state index contributed by atoms with van der Waals surface area (Å²) < 4.78 is 26.4. The van der Waals surface area contributed by atoms with Crippen molar-refractivity contribution in [1.82, 2.24) is 4.98 Å². The molecule has 2 heterocycles. The Balaban J connectivity index is 1.59. The second kappa shape index (κ2) is 7.15. The van der Waals surface area contributed by atoms with Crippen LogP contribution in [0.1, 0.15) is 22.3 Å². The van der Waals surface area contributed by atoms with Crippen molar-refractivity contribution in [1.29, 1.82) is 0 Å². The highest BCUT2D eigenvalue weighted by atomic mass is 19.2. The fourth-order valence-corrected chi connectivity index (χ4v) is 3.25. The maximum atomic E-state index is 13.4. The number of nitrogens with zero attached hydrogens (tertiary/aromatic N) is 2. The lowest BCUT2D eigenvalue weighted by Gasteiger charge is -2.29. The first kappa shape index (κ1) is 17.1. The van der Waals surface area contributed by atoms with Crippen molar-refractivity contribution in [3.63, 3.8) is 0 Å². The van der Waals surface area contributed by atoms with Crippen LogP contribution in [0, 0.1) is 11.6 Å². The summed E-state index contributed by atoms with van der Waals surface area (Å²) in [6, 6.07) is 14.7. The highest BCUT2D eigenvalue weighted by Crippen LogP contribution is 2.28. The van der Waals surface area contributed by atoms with Gasteiger partial charge in [0.15, 0.2) is 11.6 Å². The number of halogens is 2. The number of pyridine rings is 1. The van der Waals surface area contributed by atoms with Gasteiger partial charge in [0.05, 0.1) is 0 Å². The smallest absolute Gasteiger partial charge is 0.258 e. The van der Waals surface area contributed by atoms with Crippen LogP contribution in [0.15, 0.2) is 60.8 Å². The summed E-state index contributed by atoms with van der Waals surface area (Å²) in [7, 11) is 0. The number of carbonyl (C=O) groups excluding carboxylic acids is 1. The number of nitrogens with one attached hydrogen (secondary N) is 1. The van der Waals surface area contributed by atoms with E-state index in [4.69, 9.17) is 0 Å². The van der Waals surface area contributed by atoms with Crippen LogP contribution in [0.4, 0.5) is 26.0 Å². The van der Waals surface area contributed by atoms with Crippen LogP contribution in [0.25, 0.3) is 0 Å². The van der Waals surface area contributed by atoms with Crippen molar-refractivity contribution in [2.45, 2.75) is 12.8 Å². The van der Waals surface area contributed by atoms with Gasteiger partial charge < -0.3 is 10.2 Å². The van der Waals surface area contributed by atoms with E-state index in [-0.39, 0.29) is 5.91 Å². The average Bonchev–Trinajstić information content (AvgIpc) is 2.70. The minimum atomic E-state index is -0.947. The molecule has 1 amide bonds. The number of hydrogen-bond acceptors (Lipinski definition) is 3. The van der Waals surface area contributed by atoms with Gasteiger partial charge in [0.1, 0.15) is 5.82 Å². The van der Waals surface area contributed by atoms with Crippen molar-refractivity contribution >= 4 is 23.1 Å². The molecule has 1 aliphatic heterocycles. The predicted octanol–water partition coefficient (Wildman–Crippen LogP) is 4.70. The lowest BCUT2D eigenvalue weighted by atomic mass is 10.0. The summed E-state index contributed by atoms with van der Waals surface area (Å²) in [6.45, 7) is 0.657. The second-order valence-electron chi connectivity index (χ2n) is 6.37. The number of aromatic nitrogens is 1. The van der Waals surface area contributed by atoms with Crippen molar-refractivity contribution in [3.8, 4) is 0 Å². The van der Waals surface area contributed by atoms with Gasteiger partial charge in [0, 0.05) is 35.7 Å². The molecule has 27 heavy (non-hydrogen) atoms. The molecule has 6 heteroatoms. The van der Waals surface area contributed by atoms with E-state index in [1.54, 1.807) is 17.0 Å². The Morgan fingerprint density at radius 3 is 2.74 bits per heavy atom. The molecular weight excluding hydrogens is 348 g/mol. The normalized spacial score (nSPS) is 13.2. The molecule has 0 fully saturated rings. The number of benzene rings is 2. The third kappa shape index (κ3) is 3.51. The number of aryl methyl sites for hydroxylation is 1. The van der Waals surface area contributed by atoms with E-state index >= 15 is 0 Å². The minimum absolute atomic E-state index is 0.113. The monoisotopic (exact) mass is 365 g/mol. The molecule has 4 nitrogen and oxygen atoms in total. The van der Waals surface area contributed by atoms with Crippen LogP contribution in [0.3, 0.4) is 0 Å². The molecule has 0 unspecified atom stereocenters. The Bertz CT molecular complexity index is 1010. The Labute approximate surface area is 155 Å². The molecule has 3 aromatic rings. The number of amides is 1. The highest BCUT2D eigenvalue weighted by Gasteiger charge is 2.23. The fraction of sp³-hybridized carbons (Fsp3) is 0.143. The van der Waals surface area contributed by atoms with Gasteiger partial charge in [-0.3, -0.25) is 4.79 Å². The van der Waals surface area contributed by atoms with E-state index in [0.29, 0.717) is 23.6 Å². The SMILES string of the molecule is O=C(c1ccnc(Nc2ccc(F)c(F)c2)c1)N1CCCc2ccccc21. The summed E-state index contributed by atoms with van der Waals surface area (Å²) in [5, 5.41) is 2.90. The molecule has 136 valence electrons. The van der Waals surface area contributed by atoms with Crippen LogP contribution >= 0.6 is 0 Å². The molecule has 4 rings (SSSR count). The minimum Gasteiger partial charge on any atom is -0.340 e. The molecule has 0 saturated heterocycles.